The van der Waals surface area contributed by atoms with Crippen LogP contribution in [0.3, 0.4) is 0 Å². The highest BCUT2D eigenvalue weighted by Gasteiger charge is 2.18. The van der Waals surface area contributed by atoms with Crippen LogP contribution in [-0.2, 0) is 13.0 Å². The second-order valence-corrected chi connectivity index (χ2v) is 8.09. The molecule has 3 aromatic carbocycles. The van der Waals surface area contributed by atoms with Crippen molar-refractivity contribution in [2.24, 2.45) is 0 Å². The maximum Gasteiger partial charge on any atom is 0.135 e. The van der Waals surface area contributed by atoms with Gasteiger partial charge in [-0.15, -0.1) is 6.58 Å². The number of fused-ring (bicyclic) bond motifs is 2. The molecule has 0 aliphatic carbocycles. The van der Waals surface area contributed by atoms with Gasteiger partial charge in [-0.1, -0.05) is 74.0 Å². The molecule has 0 bridgehead atoms. The van der Waals surface area contributed by atoms with Crippen LogP contribution >= 0.6 is 0 Å². The third-order valence-electron chi connectivity index (χ3n) is 6.03. The molecule has 5 rings (SSSR count). The monoisotopic (exact) mass is 405 g/mol. The van der Waals surface area contributed by atoms with E-state index in [9.17, 15) is 0 Å². The van der Waals surface area contributed by atoms with E-state index >= 15 is 0 Å². The predicted octanol–water partition coefficient (Wildman–Crippen LogP) is 8.25. The van der Waals surface area contributed by atoms with Crippen molar-refractivity contribution in [1.29, 1.82) is 0 Å². The van der Waals surface area contributed by atoms with Gasteiger partial charge in [0.1, 0.15) is 11.3 Å². The van der Waals surface area contributed by atoms with Crippen molar-refractivity contribution in [2.45, 2.75) is 32.7 Å². The third kappa shape index (κ3) is 3.48. The molecule has 2 aromatic heterocycles. The molecular formula is C29H27NO. The minimum absolute atomic E-state index is 0.793. The molecule has 0 N–H and O–H groups in total. The Kier molecular flexibility index (Phi) is 5.21. The summed E-state index contributed by atoms with van der Waals surface area (Å²) in [6.45, 7) is 7.00. The first-order valence-electron chi connectivity index (χ1n) is 11.1. The number of para-hydroxylation sites is 1. The number of hydrogen-bond donors (Lipinski definition) is 0. The van der Waals surface area contributed by atoms with Gasteiger partial charge in [0.05, 0.1) is 0 Å². The highest BCUT2D eigenvalue weighted by Crippen LogP contribution is 2.41. The van der Waals surface area contributed by atoms with E-state index in [1.54, 1.807) is 0 Å². The summed E-state index contributed by atoms with van der Waals surface area (Å²) in [7, 11) is 0. The Morgan fingerprint density at radius 1 is 0.935 bits per heavy atom. The lowest BCUT2D eigenvalue weighted by atomic mass is 9.92. The van der Waals surface area contributed by atoms with Gasteiger partial charge in [-0.25, -0.2) is 0 Å². The average molecular weight is 406 g/mol. The number of aromatic nitrogens is 1. The van der Waals surface area contributed by atoms with Crippen LogP contribution in [0.5, 0.6) is 0 Å². The zero-order valence-electron chi connectivity index (χ0n) is 18.0. The Morgan fingerprint density at radius 2 is 1.74 bits per heavy atom. The summed E-state index contributed by atoms with van der Waals surface area (Å²) >= 11 is 0. The Hall–Kier alpha value is -3.52. The van der Waals surface area contributed by atoms with E-state index in [0.717, 1.165) is 29.9 Å². The lowest BCUT2D eigenvalue weighted by Crippen LogP contribution is -1.92. The predicted molar refractivity (Wildman–Crippen MR) is 131 cm³/mol. The highest BCUT2D eigenvalue weighted by molar-refractivity contribution is 6.06. The van der Waals surface area contributed by atoms with Crippen LogP contribution in [0.25, 0.3) is 44.3 Å². The van der Waals surface area contributed by atoms with Crippen LogP contribution in [0.2, 0.25) is 0 Å². The van der Waals surface area contributed by atoms with Gasteiger partial charge in [-0.3, -0.25) is 0 Å². The highest BCUT2D eigenvalue weighted by atomic mass is 16.3. The molecule has 0 amide bonds. The second kappa shape index (κ2) is 8.31. The Balaban J connectivity index is 1.79. The fraction of sp³-hybridized carbons (Fsp3) is 0.172. The summed E-state index contributed by atoms with van der Waals surface area (Å²) in [6.07, 6.45) is 7.66. The number of hydrogen-bond acceptors (Lipinski definition) is 1. The van der Waals surface area contributed by atoms with Crippen molar-refractivity contribution in [3.8, 4) is 22.5 Å². The molecule has 2 nitrogen and oxygen atoms in total. The van der Waals surface area contributed by atoms with Crippen molar-refractivity contribution in [3.05, 3.63) is 97.2 Å². The number of unbranched alkanes of at least 4 members (excludes halogenated alkanes) is 1. The van der Waals surface area contributed by atoms with Crippen molar-refractivity contribution in [3.63, 3.8) is 0 Å². The van der Waals surface area contributed by atoms with Crippen LogP contribution < -0.4 is 0 Å². The van der Waals surface area contributed by atoms with Gasteiger partial charge in [0, 0.05) is 40.2 Å². The largest absolute Gasteiger partial charge is 0.456 e. The molecule has 0 radical (unpaired) electrons. The van der Waals surface area contributed by atoms with Crippen LogP contribution in [0.15, 0.2) is 96.1 Å². The summed E-state index contributed by atoms with van der Waals surface area (Å²) in [4.78, 5) is 0. The quantitative estimate of drug-likeness (QED) is 0.249. The average Bonchev–Trinajstić information content (AvgIpc) is 3.40. The van der Waals surface area contributed by atoms with Gasteiger partial charge in [0.25, 0.3) is 0 Å². The topological polar surface area (TPSA) is 18.1 Å². The van der Waals surface area contributed by atoms with Crippen LogP contribution in [-0.4, -0.2) is 4.57 Å². The summed E-state index contributed by atoms with van der Waals surface area (Å²) in [5, 5.41) is 2.46. The lowest BCUT2D eigenvalue weighted by Gasteiger charge is -2.10. The Morgan fingerprint density at radius 3 is 2.55 bits per heavy atom. The standard InChI is InChI=1S/C29H27NO/c1-3-5-11-22-16-17-27-24(19-28(31-27)21-12-7-6-8-13-21)29(22)25-20-30(18-4-2)26-15-10-9-14-23(25)26/h4,6-10,12-17,19-20H,2-3,5,11,18H2,1H3. The molecular weight excluding hydrogens is 378 g/mol. The minimum Gasteiger partial charge on any atom is -0.456 e. The van der Waals surface area contributed by atoms with E-state index in [1.165, 1.54) is 45.8 Å². The van der Waals surface area contributed by atoms with Gasteiger partial charge in [-0.05, 0) is 42.2 Å². The lowest BCUT2D eigenvalue weighted by molar-refractivity contribution is 0.631. The molecule has 31 heavy (non-hydrogen) atoms. The Labute approximate surface area is 183 Å². The van der Waals surface area contributed by atoms with Gasteiger partial charge in [0.2, 0.25) is 0 Å². The van der Waals surface area contributed by atoms with Gasteiger partial charge in [-0.2, -0.15) is 0 Å². The first-order valence-corrected chi connectivity index (χ1v) is 11.1. The molecule has 0 aliphatic rings. The van der Waals surface area contributed by atoms with Crippen LogP contribution in [0, 0.1) is 0 Å². The molecule has 0 saturated carbocycles. The zero-order chi connectivity index (χ0) is 21.2. The molecule has 154 valence electrons. The first kappa shape index (κ1) is 19.4. The van der Waals surface area contributed by atoms with Gasteiger partial charge >= 0.3 is 0 Å². The third-order valence-corrected chi connectivity index (χ3v) is 6.03. The number of nitrogens with zero attached hydrogens (tertiary/aromatic N) is 1. The van der Waals surface area contributed by atoms with Crippen LogP contribution in [0.1, 0.15) is 25.3 Å². The Bertz CT molecular complexity index is 1350. The zero-order valence-corrected chi connectivity index (χ0v) is 18.0. The molecule has 0 unspecified atom stereocenters. The summed E-state index contributed by atoms with van der Waals surface area (Å²) < 4.78 is 8.61. The van der Waals surface area contributed by atoms with Crippen molar-refractivity contribution in [1.82, 2.24) is 4.57 Å². The van der Waals surface area contributed by atoms with E-state index in [0.29, 0.717) is 0 Å². The van der Waals surface area contributed by atoms with E-state index < -0.39 is 0 Å². The fourth-order valence-corrected chi connectivity index (χ4v) is 4.53. The maximum atomic E-state index is 6.32. The van der Waals surface area contributed by atoms with Crippen LogP contribution in [0.4, 0.5) is 0 Å². The summed E-state index contributed by atoms with van der Waals surface area (Å²) in [5.41, 5.74) is 7.24. The first-order chi connectivity index (χ1) is 15.3. The molecule has 0 saturated heterocycles. The molecule has 2 heteroatoms. The number of aryl methyl sites for hydroxylation is 1. The van der Waals surface area contributed by atoms with Crippen molar-refractivity contribution in [2.75, 3.05) is 0 Å². The molecule has 0 atom stereocenters. The summed E-state index contributed by atoms with van der Waals surface area (Å²) in [6, 6.07) is 25.6. The molecule has 0 spiro atoms. The number of benzene rings is 3. The minimum atomic E-state index is 0.793. The second-order valence-electron chi connectivity index (χ2n) is 8.09. The fourth-order valence-electron chi connectivity index (χ4n) is 4.53. The molecule has 0 fully saturated rings. The smallest absolute Gasteiger partial charge is 0.135 e. The number of rotatable bonds is 7. The summed E-state index contributed by atoms with van der Waals surface area (Å²) in [5.74, 6) is 0.916. The maximum absolute atomic E-state index is 6.32. The van der Waals surface area contributed by atoms with Crippen molar-refractivity contribution < 1.29 is 4.42 Å². The normalized spacial score (nSPS) is 11.4. The van der Waals surface area contributed by atoms with E-state index in [-0.39, 0.29) is 0 Å². The molecule has 5 aromatic rings. The molecule has 0 aliphatic heterocycles. The van der Waals surface area contributed by atoms with E-state index in [2.05, 4.69) is 91.0 Å². The van der Waals surface area contributed by atoms with E-state index in [1.807, 2.05) is 12.1 Å². The van der Waals surface area contributed by atoms with Gasteiger partial charge < -0.3 is 8.98 Å². The SMILES string of the molecule is C=CCn1cc(-c2c(CCCC)ccc3oc(-c4ccccc4)cc23)c2ccccc21. The molecule has 2 heterocycles. The van der Waals surface area contributed by atoms with Gasteiger partial charge in [0.15, 0.2) is 0 Å². The van der Waals surface area contributed by atoms with Crippen molar-refractivity contribution >= 4 is 21.9 Å². The number of furan rings is 1. The van der Waals surface area contributed by atoms with E-state index in [4.69, 9.17) is 4.42 Å². The number of allylic oxidation sites excluding steroid dienone is 1.